The molecule has 0 bridgehead atoms. The lowest BCUT2D eigenvalue weighted by molar-refractivity contribution is 0.116. The van der Waals surface area contributed by atoms with E-state index >= 15 is 0 Å². The first-order valence-electron chi connectivity index (χ1n) is 6.17. The van der Waals surface area contributed by atoms with Crippen molar-refractivity contribution in [3.8, 4) is 0 Å². The lowest BCUT2D eigenvalue weighted by Gasteiger charge is -2.09. The highest BCUT2D eigenvalue weighted by Crippen LogP contribution is 2.16. The van der Waals surface area contributed by atoms with Crippen molar-refractivity contribution in [1.82, 2.24) is 0 Å². The summed E-state index contributed by atoms with van der Waals surface area (Å²) in [7, 11) is 0. The van der Waals surface area contributed by atoms with Crippen LogP contribution in [0.15, 0.2) is 18.2 Å². The summed E-state index contributed by atoms with van der Waals surface area (Å²) in [5.41, 5.74) is 9.04. The molecule has 1 aromatic rings. The molecule has 2 heteroatoms. The van der Waals surface area contributed by atoms with Crippen molar-refractivity contribution >= 4 is 5.69 Å². The molecule has 0 saturated heterocycles. The Labute approximate surface area is 98.8 Å². The van der Waals surface area contributed by atoms with E-state index in [0.717, 1.165) is 24.3 Å². The van der Waals surface area contributed by atoms with Crippen LogP contribution in [0.1, 0.15) is 43.7 Å². The fourth-order valence-electron chi connectivity index (χ4n) is 1.67. The van der Waals surface area contributed by atoms with Gasteiger partial charge in [0.15, 0.2) is 0 Å². The number of unbranched alkanes of at least 4 members (excludes halogenated alkanes) is 3. The maximum Gasteiger partial charge on any atom is 0.0720 e. The van der Waals surface area contributed by atoms with Crippen LogP contribution in [0.3, 0.4) is 0 Å². The molecular formula is C14H23NO. The van der Waals surface area contributed by atoms with Gasteiger partial charge in [-0.15, -0.1) is 0 Å². The third-order valence-corrected chi connectivity index (χ3v) is 2.89. The molecule has 0 spiro atoms. The van der Waals surface area contributed by atoms with Gasteiger partial charge in [-0.1, -0.05) is 38.3 Å². The van der Waals surface area contributed by atoms with Crippen LogP contribution in [-0.4, -0.2) is 6.61 Å². The van der Waals surface area contributed by atoms with Gasteiger partial charge in [-0.2, -0.15) is 0 Å². The largest absolute Gasteiger partial charge is 0.399 e. The van der Waals surface area contributed by atoms with Crippen LogP contribution in [-0.2, 0) is 11.3 Å². The highest BCUT2D eigenvalue weighted by Gasteiger charge is 2.00. The third-order valence-electron chi connectivity index (χ3n) is 2.89. The number of nitrogens with two attached hydrogens (primary N) is 1. The molecule has 0 radical (unpaired) electrons. The second-order valence-electron chi connectivity index (χ2n) is 4.24. The predicted octanol–water partition coefficient (Wildman–Crippen LogP) is 3.67. The summed E-state index contributed by atoms with van der Waals surface area (Å²) >= 11 is 0. The van der Waals surface area contributed by atoms with Crippen molar-refractivity contribution in [2.75, 3.05) is 12.3 Å². The van der Waals surface area contributed by atoms with Gasteiger partial charge >= 0.3 is 0 Å². The molecule has 0 aliphatic heterocycles. The Morgan fingerprint density at radius 3 is 2.75 bits per heavy atom. The van der Waals surface area contributed by atoms with Crippen molar-refractivity contribution in [1.29, 1.82) is 0 Å². The van der Waals surface area contributed by atoms with Crippen LogP contribution >= 0.6 is 0 Å². The van der Waals surface area contributed by atoms with E-state index in [1.54, 1.807) is 0 Å². The summed E-state index contributed by atoms with van der Waals surface area (Å²) in [6, 6.07) is 6.00. The number of ether oxygens (including phenoxy) is 1. The van der Waals surface area contributed by atoms with Crippen LogP contribution in [0.25, 0.3) is 0 Å². The maximum absolute atomic E-state index is 5.84. The topological polar surface area (TPSA) is 35.2 Å². The highest BCUT2D eigenvalue weighted by molar-refractivity contribution is 5.49. The quantitative estimate of drug-likeness (QED) is 0.563. The first-order valence-corrected chi connectivity index (χ1v) is 6.17. The molecule has 16 heavy (non-hydrogen) atoms. The third kappa shape index (κ3) is 4.23. The van der Waals surface area contributed by atoms with Crippen molar-refractivity contribution in [3.05, 3.63) is 29.3 Å². The highest BCUT2D eigenvalue weighted by atomic mass is 16.5. The van der Waals surface area contributed by atoms with E-state index in [1.807, 2.05) is 19.1 Å². The second-order valence-corrected chi connectivity index (χ2v) is 4.24. The molecular weight excluding hydrogens is 198 g/mol. The number of anilines is 1. The van der Waals surface area contributed by atoms with Crippen LogP contribution in [0.5, 0.6) is 0 Å². The van der Waals surface area contributed by atoms with Gasteiger partial charge in [-0.3, -0.25) is 0 Å². The van der Waals surface area contributed by atoms with E-state index in [1.165, 1.54) is 24.8 Å². The SMILES string of the molecule is CCCCCCOCc1cccc(N)c1C. The number of rotatable bonds is 7. The van der Waals surface area contributed by atoms with Crippen LogP contribution < -0.4 is 5.73 Å². The Balaban J connectivity index is 2.24. The van der Waals surface area contributed by atoms with E-state index in [2.05, 4.69) is 13.0 Å². The fraction of sp³-hybridized carbons (Fsp3) is 0.571. The first kappa shape index (κ1) is 13.0. The Morgan fingerprint density at radius 1 is 1.19 bits per heavy atom. The minimum Gasteiger partial charge on any atom is -0.399 e. The van der Waals surface area contributed by atoms with E-state index < -0.39 is 0 Å². The van der Waals surface area contributed by atoms with E-state index in [4.69, 9.17) is 10.5 Å². The molecule has 0 unspecified atom stereocenters. The second kappa shape index (κ2) is 7.29. The molecule has 0 saturated carbocycles. The van der Waals surface area contributed by atoms with E-state index in [9.17, 15) is 0 Å². The molecule has 0 fully saturated rings. The zero-order chi connectivity index (χ0) is 11.8. The van der Waals surface area contributed by atoms with Crippen molar-refractivity contribution in [2.24, 2.45) is 0 Å². The smallest absolute Gasteiger partial charge is 0.0720 e. The predicted molar refractivity (Wildman–Crippen MR) is 69.4 cm³/mol. The number of hydrogen-bond donors (Lipinski definition) is 1. The summed E-state index contributed by atoms with van der Waals surface area (Å²) < 4.78 is 5.65. The monoisotopic (exact) mass is 221 g/mol. The van der Waals surface area contributed by atoms with Gasteiger partial charge in [-0.25, -0.2) is 0 Å². The van der Waals surface area contributed by atoms with Crippen LogP contribution in [0.4, 0.5) is 5.69 Å². The molecule has 2 nitrogen and oxygen atoms in total. The van der Waals surface area contributed by atoms with E-state index in [0.29, 0.717) is 6.61 Å². The fourth-order valence-corrected chi connectivity index (χ4v) is 1.67. The Kier molecular flexibility index (Phi) is 5.94. The normalized spacial score (nSPS) is 10.6. The molecule has 0 aliphatic rings. The van der Waals surface area contributed by atoms with E-state index in [-0.39, 0.29) is 0 Å². The zero-order valence-corrected chi connectivity index (χ0v) is 10.5. The molecule has 0 aliphatic carbocycles. The van der Waals surface area contributed by atoms with Gasteiger partial charge in [0.2, 0.25) is 0 Å². The number of benzene rings is 1. The average Bonchev–Trinajstić information content (AvgIpc) is 2.29. The summed E-state index contributed by atoms with van der Waals surface area (Å²) in [5, 5.41) is 0. The van der Waals surface area contributed by atoms with Gasteiger partial charge in [0.05, 0.1) is 6.61 Å². The molecule has 90 valence electrons. The molecule has 0 amide bonds. The van der Waals surface area contributed by atoms with Crippen LogP contribution in [0.2, 0.25) is 0 Å². The lowest BCUT2D eigenvalue weighted by atomic mass is 10.1. The Hall–Kier alpha value is -1.02. The molecule has 0 atom stereocenters. The summed E-state index contributed by atoms with van der Waals surface area (Å²) in [6.07, 6.45) is 5.01. The molecule has 0 aromatic heterocycles. The molecule has 1 rings (SSSR count). The van der Waals surface area contributed by atoms with Gasteiger partial charge < -0.3 is 10.5 Å². The lowest BCUT2D eigenvalue weighted by Crippen LogP contribution is -2.00. The summed E-state index contributed by atoms with van der Waals surface area (Å²) in [5.74, 6) is 0. The standard InChI is InChI=1S/C14H23NO/c1-3-4-5-6-10-16-11-13-8-7-9-14(15)12(13)2/h7-9H,3-6,10-11,15H2,1-2H3. The number of hydrogen-bond acceptors (Lipinski definition) is 2. The van der Waals surface area contributed by atoms with Gasteiger partial charge in [0, 0.05) is 12.3 Å². The van der Waals surface area contributed by atoms with Crippen molar-refractivity contribution in [2.45, 2.75) is 46.1 Å². The average molecular weight is 221 g/mol. The van der Waals surface area contributed by atoms with Gasteiger partial charge in [-0.05, 0) is 30.5 Å². The minimum atomic E-state index is 0.684. The maximum atomic E-state index is 5.84. The van der Waals surface area contributed by atoms with Crippen molar-refractivity contribution < 1.29 is 4.74 Å². The molecule has 2 N–H and O–H groups in total. The summed E-state index contributed by atoms with van der Waals surface area (Å²) in [4.78, 5) is 0. The minimum absolute atomic E-state index is 0.684. The van der Waals surface area contributed by atoms with Gasteiger partial charge in [0.1, 0.15) is 0 Å². The Morgan fingerprint density at radius 2 is 2.00 bits per heavy atom. The zero-order valence-electron chi connectivity index (χ0n) is 10.5. The molecule has 1 aromatic carbocycles. The Bertz CT molecular complexity index is 310. The van der Waals surface area contributed by atoms with Crippen LogP contribution in [0, 0.1) is 6.92 Å². The number of nitrogen functional groups attached to an aromatic ring is 1. The molecule has 0 heterocycles. The van der Waals surface area contributed by atoms with Crippen molar-refractivity contribution in [3.63, 3.8) is 0 Å². The van der Waals surface area contributed by atoms with Gasteiger partial charge in [0.25, 0.3) is 0 Å². The first-order chi connectivity index (χ1) is 7.75. The summed E-state index contributed by atoms with van der Waals surface area (Å²) in [6.45, 7) is 5.80.